The Kier molecular flexibility index (Phi) is 3.63. The molecule has 5 nitrogen and oxygen atoms in total. The first-order valence-electron chi connectivity index (χ1n) is 7.69. The van der Waals surface area contributed by atoms with E-state index in [1.165, 1.54) is 12.1 Å². The highest BCUT2D eigenvalue weighted by molar-refractivity contribution is 7.89. The SMILES string of the molecule is NS(=O)(=O)c1ccc(Nc2cccc3nc4ccccc4cc23)cc1. The Bertz CT molecular complexity index is 1190. The van der Waals surface area contributed by atoms with Crippen molar-refractivity contribution in [1.82, 2.24) is 4.98 Å². The first-order valence-corrected chi connectivity index (χ1v) is 9.24. The number of aromatic nitrogens is 1. The molecule has 3 N–H and O–H groups in total. The maximum atomic E-state index is 11.4. The molecule has 0 unspecified atom stereocenters. The lowest BCUT2D eigenvalue weighted by Crippen LogP contribution is -2.11. The fourth-order valence-electron chi connectivity index (χ4n) is 2.79. The molecule has 4 rings (SSSR count). The smallest absolute Gasteiger partial charge is 0.238 e. The van der Waals surface area contributed by atoms with Gasteiger partial charge >= 0.3 is 0 Å². The number of pyridine rings is 1. The Hall–Kier alpha value is -2.96. The second-order valence-electron chi connectivity index (χ2n) is 5.75. The lowest BCUT2D eigenvalue weighted by molar-refractivity contribution is 0.598. The number of anilines is 2. The average molecular weight is 349 g/mol. The zero-order valence-electron chi connectivity index (χ0n) is 13.2. The molecule has 0 atom stereocenters. The lowest BCUT2D eigenvalue weighted by Gasteiger charge is -2.11. The summed E-state index contributed by atoms with van der Waals surface area (Å²) in [6.07, 6.45) is 0. The number of nitrogens with zero attached hydrogens (tertiary/aromatic N) is 1. The van der Waals surface area contributed by atoms with E-state index in [0.29, 0.717) is 0 Å². The zero-order valence-corrected chi connectivity index (χ0v) is 14.0. The predicted octanol–water partition coefficient (Wildman–Crippen LogP) is 3.78. The van der Waals surface area contributed by atoms with Crippen LogP contribution in [0.15, 0.2) is 77.7 Å². The van der Waals surface area contributed by atoms with Crippen LogP contribution in [0.4, 0.5) is 11.4 Å². The molecule has 0 amide bonds. The first-order chi connectivity index (χ1) is 12.0. The van der Waals surface area contributed by atoms with E-state index >= 15 is 0 Å². The van der Waals surface area contributed by atoms with Crippen LogP contribution in [-0.2, 0) is 10.0 Å². The Morgan fingerprint density at radius 2 is 1.56 bits per heavy atom. The van der Waals surface area contributed by atoms with Crippen LogP contribution in [0.3, 0.4) is 0 Å². The fourth-order valence-corrected chi connectivity index (χ4v) is 3.31. The molecule has 4 aromatic rings. The van der Waals surface area contributed by atoms with Crippen LogP contribution in [0, 0.1) is 0 Å². The standard InChI is InChI=1S/C19H15N3O2S/c20-25(23,24)15-10-8-14(9-11-15)21-18-6-3-7-19-16(18)12-13-4-1-2-5-17(13)22-19/h1-12,21H,(H2,20,23,24). The van der Waals surface area contributed by atoms with E-state index in [9.17, 15) is 8.42 Å². The normalized spacial score (nSPS) is 11.7. The number of primary sulfonamides is 1. The summed E-state index contributed by atoms with van der Waals surface area (Å²) in [5.41, 5.74) is 3.52. The van der Waals surface area contributed by atoms with Crippen LogP contribution in [0.25, 0.3) is 21.8 Å². The van der Waals surface area contributed by atoms with E-state index in [1.54, 1.807) is 12.1 Å². The molecule has 0 saturated carbocycles. The molecule has 25 heavy (non-hydrogen) atoms. The molecule has 6 heteroatoms. The van der Waals surface area contributed by atoms with E-state index in [1.807, 2.05) is 42.5 Å². The maximum Gasteiger partial charge on any atom is 0.238 e. The molecule has 1 aromatic heterocycles. The number of nitrogens with two attached hydrogens (primary N) is 1. The number of hydrogen-bond acceptors (Lipinski definition) is 4. The summed E-state index contributed by atoms with van der Waals surface area (Å²) in [6, 6.07) is 22.3. The predicted molar refractivity (Wildman–Crippen MR) is 100 cm³/mol. The van der Waals surface area contributed by atoms with Crippen molar-refractivity contribution in [1.29, 1.82) is 0 Å². The Labute approximate surface area is 145 Å². The summed E-state index contributed by atoms with van der Waals surface area (Å²) < 4.78 is 22.7. The van der Waals surface area contributed by atoms with Gasteiger partial charge in [-0.05, 0) is 48.5 Å². The minimum Gasteiger partial charge on any atom is -0.355 e. The molecule has 0 saturated heterocycles. The van der Waals surface area contributed by atoms with Gasteiger partial charge in [-0.15, -0.1) is 0 Å². The number of nitrogens with one attached hydrogen (secondary N) is 1. The van der Waals surface area contributed by atoms with Gasteiger partial charge in [0.1, 0.15) is 0 Å². The number of sulfonamides is 1. The summed E-state index contributed by atoms with van der Waals surface area (Å²) in [7, 11) is -3.69. The highest BCUT2D eigenvalue weighted by Gasteiger charge is 2.08. The van der Waals surface area contributed by atoms with E-state index in [-0.39, 0.29) is 4.90 Å². The summed E-state index contributed by atoms with van der Waals surface area (Å²) in [4.78, 5) is 4.78. The van der Waals surface area contributed by atoms with Gasteiger partial charge in [0.2, 0.25) is 10.0 Å². The van der Waals surface area contributed by atoms with Gasteiger partial charge in [0.05, 0.1) is 15.9 Å². The number of para-hydroxylation sites is 1. The largest absolute Gasteiger partial charge is 0.355 e. The van der Waals surface area contributed by atoms with Gasteiger partial charge in [-0.25, -0.2) is 18.5 Å². The summed E-state index contributed by atoms with van der Waals surface area (Å²) in [5, 5.41) is 10.5. The van der Waals surface area contributed by atoms with Crippen LogP contribution < -0.4 is 10.5 Å². The molecule has 0 bridgehead atoms. The maximum absolute atomic E-state index is 11.4. The number of benzene rings is 3. The van der Waals surface area contributed by atoms with Gasteiger partial charge in [-0.3, -0.25) is 0 Å². The molecule has 0 radical (unpaired) electrons. The molecule has 0 aliphatic rings. The lowest BCUT2D eigenvalue weighted by atomic mass is 10.1. The second-order valence-corrected chi connectivity index (χ2v) is 7.31. The van der Waals surface area contributed by atoms with Gasteiger partial charge in [0, 0.05) is 22.1 Å². The van der Waals surface area contributed by atoms with E-state index in [0.717, 1.165) is 33.2 Å². The molecule has 3 aromatic carbocycles. The summed E-state index contributed by atoms with van der Waals surface area (Å²) in [5.74, 6) is 0. The van der Waals surface area contributed by atoms with Gasteiger partial charge in [-0.2, -0.15) is 0 Å². The highest BCUT2D eigenvalue weighted by atomic mass is 32.2. The average Bonchev–Trinajstić information content (AvgIpc) is 2.60. The van der Waals surface area contributed by atoms with Crippen molar-refractivity contribution in [2.75, 3.05) is 5.32 Å². The molecule has 1 heterocycles. The Morgan fingerprint density at radius 1 is 0.840 bits per heavy atom. The molecule has 0 aliphatic heterocycles. The molecule has 0 aliphatic carbocycles. The van der Waals surface area contributed by atoms with Gasteiger partial charge in [0.15, 0.2) is 0 Å². The first kappa shape index (κ1) is 15.6. The zero-order chi connectivity index (χ0) is 17.4. The number of hydrogen-bond donors (Lipinski definition) is 2. The molecule has 124 valence electrons. The molecule has 0 spiro atoms. The fraction of sp³-hybridized carbons (Fsp3) is 0. The Balaban J connectivity index is 1.77. The third-order valence-electron chi connectivity index (χ3n) is 4.02. The highest BCUT2D eigenvalue weighted by Crippen LogP contribution is 2.28. The van der Waals surface area contributed by atoms with E-state index < -0.39 is 10.0 Å². The van der Waals surface area contributed by atoms with E-state index in [2.05, 4.69) is 11.4 Å². The minimum absolute atomic E-state index is 0.0867. The van der Waals surface area contributed by atoms with Crippen LogP contribution in [-0.4, -0.2) is 13.4 Å². The summed E-state index contributed by atoms with van der Waals surface area (Å²) >= 11 is 0. The topological polar surface area (TPSA) is 85.1 Å². The van der Waals surface area contributed by atoms with Crippen LogP contribution in [0.5, 0.6) is 0 Å². The molecule has 0 fully saturated rings. The quantitative estimate of drug-likeness (QED) is 0.551. The van der Waals surface area contributed by atoms with Crippen LogP contribution in [0.1, 0.15) is 0 Å². The van der Waals surface area contributed by atoms with Crippen molar-refractivity contribution in [3.05, 3.63) is 72.8 Å². The molecular weight excluding hydrogens is 334 g/mol. The number of rotatable bonds is 3. The third kappa shape index (κ3) is 3.05. The van der Waals surface area contributed by atoms with Crippen molar-refractivity contribution in [3.63, 3.8) is 0 Å². The van der Waals surface area contributed by atoms with Gasteiger partial charge < -0.3 is 5.32 Å². The van der Waals surface area contributed by atoms with Crippen molar-refractivity contribution in [2.24, 2.45) is 5.14 Å². The van der Waals surface area contributed by atoms with Crippen molar-refractivity contribution < 1.29 is 8.42 Å². The second kappa shape index (κ2) is 5.84. The van der Waals surface area contributed by atoms with Crippen molar-refractivity contribution in [2.45, 2.75) is 4.90 Å². The minimum atomic E-state index is -3.69. The number of fused-ring (bicyclic) bond motifs is 2. The van der Waals surface area contributed by atoms with Crippen LogP contribution >= 0.6 is 0 Å². The Morgan fingerprint density at radius 3 is 2.32 bits per heavy atom. The van der Waals surface area contributed by atoms with Crippen molar-refractivity contribution >= 4 is 43.2 Å². The van der Waals surface area contributed by atoms with Crippen molar-refractivity contribution in [3.8, 4) is 0 Å². The monoisotopic (exact) mass is 349 g/mol. The third-order valence-corrected chi connectivity index (χ3v) is 4.95. The van der Waals surface area contributed by atoms with Gasteiger partial charge in [0.25, 0.3) is 0 Å². The molecular formula is C19H15N3O2S. The van der Waals surface area contributed by atoms with E-state index in [4.69, 9.17) is 10.1 Å². The van der Waals surface area contributed by atoms with Crippen LogP contribution in [0.2, 0.25) is 0 Å². The summed E-state index contributed by atoms with van der Waals surface area (Å²) in [6.45, 7) is 0. The van der Waals surface area contributed by atoms with Gasteiger partial charge in [-0.1, -0.05) is 24.3 Å².